The van der Waals surface area contributed by atoms with Crippen LogP contribution in [0.15, 0.2) is 36.4 Å². The molecular formula is C22H25N3O2. The zero-order valence-corrected chi connectivity index (χ0v) is 16.0. The number of nitrogens with one attached hydrogen (secondary N) is 1. The third kappa shape index (κ3) is 3.02. The number of carbonyl (C=O) groups excluding carboxylic acids is 2. The Morgan fingerprint density at radius 3 is 2.52 bits per heavy atom. The molecule has 0 spiro atoms. The van der Waals surface area contributed by atoms with E-state index in [1.54, 1.807) is 6.92 Å². The summed E-state index contributed by atoms with van der Waals surface area (Å²) in [5.74, 6) is -0.0470. The van der Waals surface area contributed by atoms with Gasteiger partial charge >= 0.3 is 0 Å². The molecule has 140 valence electrons. The predicted octanol–water partition coefficient (Wildman–Crippen LogP) is 3.25. The van der Waals surface area contributed by atoms with Crippen molar-refractivity contribution in [1.82, 2.24) is 0 Å². The third-order valence-electron chi connectivity index (χ3n) is 5.62. The van der Waals surface area contributed by atoms with Crippen molar-refractivity contribution in [3.05, 3.63) is 47.5 Å². The summed E-state index contributed by atoms with van der Waals surface area (Å²) in [6.07, 6.45) is 2.26. The molecule has 2 heterocycles. The van der Waals surface area contributed by atoms with Gasteiger partial charge in [0.2, 0.25) is 11.8 Å². The Morgan fingerprint density at radius 1 is 1.15 bits per heavy atom. The lowest BCUT2D eigenvalue weighted by molar-refractivity contribution is -0.118. The molecule has 0 saturated heterocycles. The van der Waals surface area contributed by atoms with Crippen LogP contribution in [-0.2, 0) is 22.4 Å². The number of hydrogen-bond donors (Lipinski definition) is 2. The Labute approximate surface area is 159 Å². The van der Waals surface area contributed by atoms with E-state index in [0.717, 1.165) is 40.9 Å². The average Bonchev–Trinajstić information content (AvgIpc) is 2.80. The Bertz CT molecular complexity index is 949. The topological polar surface area (TPSA) is 75.4 Å². The second kappa shape index (κ2) is 6.20. The van der Waals surface area contributed by atoms with Crippen molar-refractivity contribution in [2.45, 2.75) is 51.6 Å². The zero-order chi connectivity index (χ0) is 19.3. The summed E-state index contributed by atoms with van der Waals surface area (Å²) >= 11 is 0. The normalized spacial score (nSPS) is 20.5. The number of nitrogens with two attached hydrogens (primary N) is 1. The van der Waals surface area contributed by atoms with Gasteiger partial charge in [-0.3, -0.25) is 9.59 Å². The number of hydrogen-bond acceptors (Lipinski definition) is 3. The summed E-state index contributed by atoms with van der Waals surface area (Å²) in [7, 11) is 0. The predicted molar refractivity (Wildman–Crippen MR) is 108 cm³/mol. The minimum atomic E-state index is -0.458. The first-order valence-electron chi connectivity index (χ1n) is 9.40. The van der Waals surface area contributed by atoms with E-state index in [9.17, 15) is 9.59 Å². The molecule has 0 aliphatic carbocycles. The maximum atomic E-state index is 12.1. The fourth-order valence-electron chi connectivity index (χ4n) is 4.36. The number of aryl methyl sites for hydroxylation is 1. The SMILES string of the molecule is CC(=O)N1c2ccc(-c3ccc4c(c3)CCC(N)C(=O)N4)cc2CC1(C)C. The molecular weight excluding hydrogens is 338 g/mol. The second-order valence-electron chi connectivity index (χ2n) is 8.19. The van der Waals surface area contributed by atoms with E-state index < -0.39 is 6.04 Å². The van der Waals surface area contributed by atoms with Gasteiger partial charge in [0.15, 0.2) is 0 Å². The second-order valence-corrected chi connectivity index (χ2v) is 8.19. The number of nitrogens with zero attached hydrogens (tertiary/aromatic N) is 1. The van der Waals surface area contributed by atoms with Crippen molar-refractivity contribution in [2.24, 2.45) is 5.73 Å². The fourth-order valence-corrected chi connectivity index (χ4v) is 4.36. The van der Waals surface area contributed by atoms with Crippen LogP contribution in [0.1, 0.15) is 38.3 Å². The van der Waals surface area contributed by atoms with Crippen LogP contribution in [0.2, 0.25) is 0 Å². The molecule has 5 heteroatoms. The molecule has 2 aliphatic heterocycles. The molecule has 3 N–H and O–H groups in total. The van der Waals surface area contributed by atoms with Gasteiger partial charge in [-0.1, -0.05) is 12.1 Å². The molecule has 0 aromatic heterocycles. The van der Waals surface area contributed by atoms with E-state index in [1.807, 2.05) is 23.1 Å². The van der Waals surface area contributed by atoms with E-state index in [0.29, 0.717) is 6.42 Å². The van der Waals surface area contributed by atoms with Crippen LogP contribution in [0, 0.1) is 0 Å². The molecule has 0 radical (unpaired) electrons. The van der Waals surface area contributed by atoms with Crippen LogP contribution < -0.4 is 16.0 Å². The molecule has 0 fully saturated rings. The van der Waals surface area contributed by atoms with E-state index in [-0.39, 0.29) is 17.4 Å². The van der Waals surface area contributed by atoms with Gasteiger partial charge in [0.05, 0.1) is 6.04 Å². The molecule has 0 bridgehead atoms. The largest absolute Gasteiger partial charge is 0.324 e. The first kappa shape index (κ1) is 17.7. The lowest BCUT2D eigenvalue weighted by Crippen LogP contribution is -2.44. The van der Waals surface area contributed by atoms with Crippen LogP contribution in [0.5, 0.6) is 0 Å². The Balaban J connectivity index is 1.71. The maximum Gasteiger partial charge on any atom is 0.241 e. The van der Waals surface area contributed by atoms with Crippen LogP contribution in [0.25, 0.3) is 11.1 Å². The average molecular weight is 363 g/mol. The standard InChI is InChI=1S/C22H25N3O2/c1-13(26)25-20-9-6-15(11-17(20)12-22(25,2)3)14-5-8-19-16(10-14)4-7-18(23)21(27)24-19/h5-6,8-11,18H,4,7,12,23H2,1-3H3,(H,24,27). The fraction of sp³-hybridized carbons (Fsp3) is 0.364. The monoisotopic (exact) mass is 363 g/mol. The number of anilines is 2. The van der Waals surface area contributed by atoms with Gasteiger partial charge in [0.1, 0.15) is 0 Å². The highest BCUT2D eigenvalue weighted by Crippen LogP contribution is 2.41. The number of amides is 2. The molecule has 2 aromatic carbocycles. The van der Waals surface area contributed by atoms with Crippen LogP contribution in [0.3, 0.4) is 0 Å². The lowest BCUT2D eigenvalue weighted by atomic mass is 9.95. The molecule has 1 atom stereocenters. The molecule has 2 aromatic rings. The van der Waals surface area contributed by atoms with Gasteiger partial charge in [-0.2, -0.15) is 0 Å². The maximum absolute atomic E-state index is 12.1. The van der Waals surface area contributed by atoms with Gasteiger partial charge in [0.25, 0.3) is 0 Å². The van der Waals surface area contributed by atoms with Crippen LogP contribution in [0.4, 0.5) is 11.4 Å². The number of benzene rings is 2. The summed E-state index contributed by atoms with van der Waals surface area (Å²) in [6, 6.07) is 12.0. The summed E-state index contributed by atoms with van der Waals surface area (Å²) in [5.41, 5.74) is 12.1. The molecule has 5 nitrogen and oxygen atoms in total. The van der Waals surface area contributed by atoms with E-state index in [2.05, 4.69) is 37.4 Å². The third-order valence-corrected chi connectivity index (χ3v) is 5.62. The highest BCUT2D eigenvalue weighted by molar-refractivity contribution is 5.97. The van der Waals surface area contributed by atoms with Crippen LogP contribution >= 0.6 is 0 Å². The van der Waals surface area contributed by atoms with Crippen molar-refractivity contribution in [3.63, 3.8) is 0 Å². The number of carbonyl (C=O) groups is 2. The van der Waals surface area contributed by atoms with Crippen molar-refractivity contribution < 1.29 is 9.59 Å². The summed E-state index contributed by atoms with van der Waals surface area (Å²) in [5, 5.41) is 2.91. The highest BCUT2D eigenvalue weighted by Gasteiger charge is 2.38. The van der Waals surface area contributed by atoms with Gasteiger partial charge < -0.3 is 16.0 Å². The van der Waals surface area contributed by atoms with Crippen molar-refractivity contribution in [3.8, 4) is 11.1 Å². The number of fused-ring (bicyclic) bond motifs is 2. The van der Waals surface area contributed by atoms with E-state index >= 15 is 0 Å². The van der Waals surface area contributed by atoms with Crippen molar-refractivity contribution in [2.75, 3.05) is 10.2 Å². The summed E-state index contributed by atoms with van der Waals surface area (Å²) in [4.78, 5) is 25.9. The molecule has 2 aliphatic rings. The smallest absolute Gasteiger partial charge is 0.241 e. The molecule has 0 saturated carbocycles. The summed E-state index contributed by atoms with van der Waals surface area (Å²) < 4.78 is 0. The van der Waals surface area contributed by atoms with Crippen molar-refractivity contribution >= 4 is 23.2 Å². The first-order valence-corrected chi connectivity index (χ1v) is 9.40. The summed E-state index contributed by atoms with van der Waals surface area (Å²) in [6.45, 7) is 5.82. The first-order chi connectivity index (χ1) is 12.8. The Kier molecular flexibility index (Phi) is 4.07. The Hall–Kier alpha value is -2.66. The van der Waals surface area contributed by atoms with Crippen LogP contribution in [-0.4, -0.2) is 23.4 Å². The van der Waals surface area contributed by atoms with Gasteiger partial charge in [0, 0.05) is 23.8 Å². The minimum absolute atomic E-state index is 0.0728. The highest BCUT2D eigenvalue weighted by atomic mass is 16.2. The zero-order valence-electron chi connectivity index (χ0n) is 16.0. The van der Waals surface area contributed by atoms with Gasteiger partial charge in [-0.25, -0.2) is 0 Å². The lowest BCUT2D eigenvalue weighted by Gasteiger charge is -2.31. The molecule has 2 amide bonds. The van der Waals surface area contributed by atoms with E-state index in [4.69, 9.17) is 5.73 Å². The quantitative estimate of drug-likeness (QED) is 0.817. The minimum Gasteiger partial charge on any atom is -0.324 e. The van der Waals surface area contributed by atoms with E-state index in [1.165, 1.54) is 5.56 Å². The molecule has 1 unspecified atom stereocenters. The van der Waals surface area contributed by atoms with Gasteiger partial charge in [-0.15, -0.1) is 0 Å². The number of rotatable bonds is 1. The van der Waals surface area contributed by atoms with Gasteiger partial charge in [-0.05, 0) is 79.6 Å². The molecule has 27 heavy (non-hydrogen) atoms. The van der Waals surface area contributed by atoms with Crippen molar-refractivity contribution in [1.29, 1.82) is 0 Å². The molecule has 4 rings (SSSR count). The Morgan fingerprint density at radius 2 is 1.81 bits per heavy atom.